The third-order valence-electron chi connectivity index (χ3n) is 5.88. The molecule has 2 aliphatic heterocycles. The molecule has 0 spiro atoms. The maximum Gasteiger partial charge on any atom is 0.193 e. The van der Waals surface area contributed by atoms with Crippen LogP contribution in [0.4, 0.5) is 0 Å². The highest BCUT2D eigenvalue weighted by Crippen LogP contribution is 2.23. The van der Waals surface area contributed by atoms with E-state index in [9.17, 15) is 8.42 Å². The van der Waals surface area contributed by atoms with Crippen molar-refractivity contribution in [2.45, 2.75) is 50.9 Å². The summed E-state index contributed by atoms with van der Waals surface area (Å²) in [6.07, 6.45) is 3.99. The van der Waals surface area contributed by atoms with Gasteiger partial charge in [-0.05, 0) is 50.9 Å². The van der Waals surface area contributed by atoms with Crippen molar-refractivity contribution in [3.8, 4) is 0 Å². The smallest absolute Gasteiger partial charge is 0.193 e. The molecule has 156 valence electrons. The molecule has 6 nitrogen and oxygen atoms in total. The van der Waals surface area contributed by atoms with Gasteiger partial charge >= 0.3 is 0 Å². The number of aliphatic imine (C=N–C) groups is 1. The highest BCUT2D eigenvalue weighted by atomic mass is 32.2. The van der Waals surface area contributed by atoms with Gasteiger partial charge in [0.2, 0.25) is 0 Å². The zero-order valence-electron chi connectivity index (χ0n) is 17.4. The Kier molecular flexibility index (Phi) is 6.65. The van der Waals surface area contributed by atoms with Crippen LogP contribution in [0.25, 0.3) is 0 Å². The number of sulfone groups is 1. The molecule has 2 fully saturated rings. The lowest BCUT2D eigenvalue weighted by Crippen LogP contribution is -2.57. The van der Waals surface area contributed by atoms with Crippen LogP contribution in [-0.4, -0.2) is 67.9 Å². The van der Waals surface area contributed by atoms with Crippen LogP contribution in [0.3, 0.4) is 0 Å². The van der Waals surface area contributed by atoms with Crippen LogP contribution in [0.15, 0.2) is 29.3 Å². The lowest BCUT2D eigenvalue weighted by atomic mass is 10.1. The molecule has 1 aromatic carbocycles. The summed E-state index contributed by atoms with van der Waals surface area (Å²) in [5, 5.41) is 3.39. The fourth-order valence-corrected chi connectivity index (χ4v) is 5.34. The molecular formula is C21H34N4O2S. The molecule has 3 rings (SSSR count). The fourth-order valence-electron chi connectivity index (χ4n) is 3.98. The Hall–Kier alpha value is -1.60. The van der Waals surface area contributed by atoms with Crippen molar-refractivity contribution in [3.05, 3.63) is 35.4 Å². The van der Waals surface area contributed by atoms with Crippen LogP contribution >= 0.6 is 0 Å². The quantitative estimate of drug-likeness (QED) is 0.614. The van der Waals surface area contributed by atoms with Gasteiger partial charge < -0.3 is 10.2 Å². The standard InChI is InChI=1S/C21H34N4O2S/c1-21(2)17-25(13-14-28(21,26)27)20(22-3)23-15-18-7-9-19(10-8-18)16-24-11-5-4-6-12-24/h7-10H,4-6,11-17H2,1-3H3,(H,22,23). The van der Waals surface area contributed by atoms with E-state index in [1.165, 1.54) is 43.5 Å². The average molecular weight is 407 g/mol. The van der Waals surface area contributed by atoms with Gasteiger partial charge in [0, 0.05) is 33.2 Å². The van der Waals surface area contributed by atoms with Crippen LogP contribution in [0.1, 0.15) is 44.2 Å². The Labute approximate surface area is 169 Å². The molecule has 7 heteroatoms. The molecule has 0 aliphatic carbocycles. The molecule has 0 atom stereocenters. The second-order valence-electron chi connectivity index (χ2n) is 8.55. The SMILES string of the molecule is CN=C(NCc1ccc(CN2CCCCC2)cc1)N1CCS(=O)(=O)C(C)(C)C1. The largest absolute Gasteiger partial charge is 0.352 e. The van der Waals surface area contributed by atoms with Crippen molar-refractivity contribution in [3.63, 3.8) is 0 Å². The number of nitrogens with zero attached hydrogens (tertiary/aromatic N) is 3. The van der Waals surface area contributed by atoms with Gasteiger partial charge in [-0.1, -0.05) is 30.7 Å². The molecule has 28 heavy (non-hydrogen) atoms. The minimum absolute atomic E-state index is 0.173. The molecule has 1 N–H and O–H groups in total. The Morgan fingerprint density at radius 1 is 1.07 bits per heavy atom. The molecule has 1 aromatic rings. The van der Waals surface area contributed by atoms with E-state index in [2.05, 4.69) is 39.5 Å². The van der Waals surface area contributed by atoms with Crippen LogP contribution in [0.5, 0.6) is 0 Å². The van der Waals surface area contributed by atoms with E-state index in [1.807, 2.05) is 4.90 Å². The van der Waals surface area contributed by atoms with Gasteiger partial charge in [0.25, 0.3) is 0 Å². The van der Waals surface area contributed by atoms with Gasteiger partial charge in [-0.3, -0.25) is 9.89 Å². The van der Waals surface area contributed by atoms with E-state index >= 15 is 0 Å². The maximum atomic E-state index is 12.2. The van der Waals surface area contributed by atoms with E-state index in [0.29, 0.717) is 19.6 Å². The minimum Gasteiger partial charge on any atom is -0.352 e. The molecule has 0 radical (unpaired) electrons. The van der Waals surface area contributed by atoms with Crippen molar-refractivity contribution in [2.24, 2.45) is 4.99 Å². The first-order valence-electron chi connectivity index (χ1n) is 10.3. The Balaban J connectivity index is 1.54. The molecule has 2 saturated heterocycles. The van der Waals surface area contributed by atoms with Crippen molar-refractivity contribution >= 4 is 15.8 Å². The first-order valence-corrected chi connectivity index (χ1v) is 11.9. The van der Waals surface area contributed by atoms with Crippen molar-refractivity contribution in [1.29, 1.82) is 0 Å². The van der Waals surface area contributed by atoms with E-state index < -0.39 is 14.6 Å². The van der Waals surface area contributed by atoms with Gasteiger partial charge in [-0.2, -0.15) is 0 Å². The Morgan fingerprint density at radius 3 is 2.32 bits per heavy atom. The minimum atomic E-state index is -3.05. The summed E-state index contributed by atoms with van der Waals surface area (Å²) in [7, 11) is -1.30. The van der Waals surface area contributed by atoms with E-state index in [1.54, 1.807) is 20.9 Å². The van der Waals surface area contributed by atoms with Crippen LogP contribution in [-0.2, 0) is 22.9 Å². The first kappa shape index (κ1) is 21.1. The fraction of sp³-hybridized carbons (Fsp3) is 0.667. The predicted octanol–water partition coefficient (Wildman–Crippen LogP) is 2.26. The summed E-state index contributed by atoms with van der Waals surface area (Å²) in [6.45, 7) is 8.67. The van der Waals surface area contributed by atoms with Gasteiger partial charge in [0.15, 0.2) is 15.8 Å². The van der Waals surface area contributed by atoms with Crippen molar-refractivity contribution in [2.75, 3.05) is 39.0 Å². The monoisotopic (exact) mass is 406 g/mol. The number of guanidine groups is 1. The summed E-state index contributed by atoms with van der Waals surface area (Å²) in [4.78, 5) is 8.94. The van der Waals surface area contributed by atoms with E-state index in [4.69, 9.17) is 0 Å². The van der Waals surface area contributed by atoms with Gasteiger partial charge in [0.1, 0.15) is 0 Å². The van der Waals surface area contributed by atoms with Crippen molar-refractivity contribution < 1.29 is 8.42 Å². The molecule has 0 unspecified atom stereocenters. The maximum absolute atomic E-state index is 12.2. The average Bonchev–Trinajstić information content (AvgIpc) is 2.67. The molecule has 2 aliphatic rings. The van der Waals surface area contributed by atoms with Gasteiger partial charge in [0.05, 0.1) is 10.5 Å². The number of hydrogen-bond acceptors (Lipinski definition) is 4. The molecule has 0 saturated carbocycles. The number of nitrogens with one attached hydrogen (secondary N) is 1. The van der Waals surface area contributed by atoms with Crippen LogP contribution in [0, 0.1) is 0 Å². The molecule has 0 aromatic heterocycles. The third-order valence-corrected chi connectivity index (χ3v) is 8.42. The number of likely N-dealkylation sites (tertiary alicyclic amines) is 1. The zero-order chi connectivity index (χ0) is 20.2. The number of piperidine rings is 1. The lowest BCUT2D eigenvalue weighted by molar-refractivity contribution is 0.221. The number of hydrogen-bond donors (Lipinski definition) is 1. The van der Waals surface area contributed by atoms with E-state index in [-0.39, 0.29) is 5.75 Å². The highest BCUT2D eigenvalue weighted by Gasteiger charge is 2.40. The second-order valence-corrected chi connectivity index (χ2v) is 11.3. The summed E-state index contributed by atoms with van der Waals surface area (Å²) in [5.74, 6) is 0.937. The number of benzene rings is 1. The summed E-state index contributed by atoms with van der Waals surface area (Å²) in [6, 6.07) is 8.77. The normalized spacial score (nSPS) is 22.8. The topological polar surface area (TPSA) is 65.0 Å². The van der Waals surface area contributed by atoms with Crippen molar-refractivity contribution in [1.82, 2.24) is 15.1 Å². The predicted molar refractivity (Wildman–Crippen MR) is 115 cm³/mol. The lowest BCUT2D eigenvalue weighted by Gasteiger charge is -2.39. The molecular weight excluding hydrogens is 372 g/mol. The van der Waals surface area contributed by atoms with Gasteiger partial charge in [-0.25, -0.2) is 8.42 Å². The van der Waals surface area contributed by atoms with E-state index in [0.717, 1.165) is 12.5 Å². The highest BCUT2D eigenvalue weighted by molar-refractivity contribution is 7.92. The molecule has 0 bridgehead atoms. The summed E-state index contributed by atoms with van der Waals surface area (Å²) >= 11 is 0. The third kappa shape index (κ3) is 5.06. The Bertz CT molecular complexity index is 781. The zero-order valence-corrected chi connectivity index (χ0v) is 18.3. The Morgan fingerprint density at radius 2 is 1.71 bits per heavy atom. The first-order chi connectivity index (χ1) is 13.3. The van der Waals surface area contributed by atoms with Gasteiger partial charge in [-0.15, -0.1) is 0 Å². The summed E-state index contributed by atoms with van der Waals surface area (Å²) in [5.41, 5.74) is 2.56. The van der Waals surface area contributed by atoms with Crippen LogP contribution < -0.4 is 5.32 Å². The molecule has 0 amide bonds. The summed E-state index contributed by atoms with van der Waals surface area (Å²) < 4.78 is 23.7. The van der Waals surface area contributed by atoms with Crippen LogP contribution in [0.2, 0.25) is 0 Å². The molecule has 2 heterocycles. The number of rotatable bonds is 4. The second kappa shape index (κ2) is 8.82.